The third-order valence-corrected chi connectivity index (χ3v) is 4.39. The molecule has 3 aromatic rings. The van der Waals surface area contributed by atoms with Crippen molar-refractivity contribution in [3.8, 4) is 11.3 Å². The number of halogens is 1. The fraction of sp³-hybridized carbons (Fsp3) is 0.158. The smallest absolute Gasteiger partial charge is 0.255 e. The Morgan fingerprint density at radius 3 is 2.62 bits per heavy atom. The minimum Gasteiger partial charge on any atom is -0.319 e. The van der Waals surface area contributed by atoms with Crippen LogP contribution in [0, 0.1) is 0 Å². The van der Waals surface area contributed by atoms with Crippen molar-refractivity contribution in [2.24, 2.45) is 0 Å². The van der Waals surface area contributed by atoms with Gasteiger partial charge >= 0.3 is 0 Å². The first-order valence-electron chi connectivity index (χ1n) is 7.93. The van der Waals surface area contributed by atoms with E-state index in [0.29, 0.717) is 16.5 Å². The molecule has 1 amide bonds. The first-order valence-corrected chi connectivity index (χ1v) is 8.31. The Morgan fingerprint density at radius 2 is 1.92 bits per heavy atom. The van der Waals surface area contributed by atoms with Crippen LogP contribution >= 0.6 is 11.6 Å². The maximum absolute atomic E-state index is 12.6. The van der Waals surface area contributed by atoms with Crippen molar-refractivity contribution in [3.05, 3.63) is 70.9 Å². The summed E-state index contributed by atoms with van der Waals surface area (Å²) in [6.45, 7) is 0. The summed E-state index contributed by atoms with van der Waals surface area (Å²) in [5.74, 6) is 0.266. The lowest BCUT2D eigenvalue weighted by Gasteiger charge is -2.08. The average molecular weight is 338 g/mol. The van der Waals surface area contributed by atoms with Crippen molar-refractivity contribution in [1.82, 2.24) is 10.2 Å². The number of nitrogens with one attached hydrogen (secondary N) is 2. The van der Waals surface area contributed by atoms with Gasteiger partial charge in [0.25, 0.3) is 5.91 Å². The zero-order valence-electron chi connectivity index (χ0n) is 12.9. The van der Waals surface area contributed by atoms with Gasteiger partial charge in [-0.25, -0.2) is 0 Å². The Bertz CT molecular complexity index is 885. The van der Waals surface area contributed by atoms with Crippen molar-refractivity contribution in [3.63, 3.8) is 0 Å². The van der Waals surface area contributed by atoms with Gasteiger partial charge in [-0.1, -0.05) is 48.0 Å². The largest absolute Gasteiger partial charge is 0.319 e. The molecule has 0 aliphatic heterocycles. The Morgan fingerprint density at radius 1 is 1.12 bits per heavy atom. The highest BCUT2D eigenvalue weighted by Gasteiger charge is 2.31. The number of hydrogen-bond donors (Lipinski definition) is 2. The molecule has 2 aromatic carbocycles. The monoisotopic (exact) mass is 337 g/mol. The molecule has 4 rings (SSSR count). The van der Waals surface area contributed by atoms with Crippen LogP contribution in [0.2, 0.25) is 5.02 Å². The molecule has 0 bridgehead atoms. The summed E-state index contributed by atoms with van der Waals surface area (Å²) in [5.41, 5.74) is 4.05. The number of aromatic nitrogens is 2. The summed E-state index contributed by atoms with van der Waals surface area (Å²) < 4.78 is 0. The van der Waals surface area contributed by atoms with Gasteiger partial charge in [0.2, 0.25) is 0 Å². The number of nitrogens with zero attached hydrogens (tertiary/aromatic N) is 1. The molecule has 120 valence electrons. The predicted molar refractivity (Wildman–Crippen MR) is 95.4 cm³/mol. The molecule has 0 spiro atoms. The van der Waals surface area contributed by atoms with E-state index in [1.165, 1.54) is 0 Å². The van der Waals surface area contributed by atoms with Crippen LogP contribution in [-0.4, -0.2) is 16.1 Å². The first kappa shape index (κ1) is 15.0. The summed E-state index contributed by atoms with van der Waals surface area (Å²) in [6.07, 6.45) is 2.24. The van der Waals surface area contributed by atoms with Crippen molar-refractivity contribution in [1.29, 1.82) is 0 Å². The number of aromatic amines is 1. The molecular weight excluding hydrogens is 322 g/mol. The second-order valence-corrected chi connectivity index (χ2v) is 6.40. The Kier molecular flexibility index (Phi) is 3.82. The Labute approximate surface area is 144 Å². The average Bonchev–Trinajstić information content (AvgIpc) is 3.36. The van der Waals surface area contributed by atoms with E-state index in [-0.39, 0.29) is 5.91 Å². The van der Waals surface area contributed by atoms with Crippen LogP contribution in [0.25, 0.3) is 11.3 Å². The summed E-state index contributed by atoms with van der Waals surface area (Å²) in [7, 11) is 0. The van der Waals surface area contributed by atoms with Gasteiger partial charge in [-0.15, -0.1) is 0 Å². The van der Waals surface area contributed by atoms with Gasteiger partial charge in [-0.05, 0) is 31.0 Å². The first-order chi connectivity index (χ1) is 11.7. The minimum absolute atomic E-state index is 0.182. The highest BCUT2D eigenvalue weighted by Crippen LogP contribution is 2.45. The molecule has 1 fully saturated rings. The van der Waals surface area contributed by atoms with Crippen molar-refractivity contribution in [2.45, 2.75) is 18.8 Å². The standard InChI is InChI=1S/C19H16ClN3O/c20-15-8-4-7-14(11-15)19(24)21-18-16(12-5-2-1-3-6-12)22-23-17(18)13-9-10-13/h1-8,11,13H,9-10H2,(H,21,24)(H,22,23). The minimum atomic E-state index is -0.182. The SMILES string of the molecule is O=C(Nc1c(-c2ccccc2)n[nH]c1C1CC1)c1cccc(Cl)c1. The van der Waals surface area contributed by atoms with Gasteiger partial charge in [-0.3, -0.25) is 9.89 Å². The molecule has 5 heteroatoms. The third kappa shape index (κ3) is 2.93. The number of carbonyl (C=O) groups excluding carboxylic acids is 1. The van der Waals surface area contributed by atoms with Crippen molar-refractivity contribution in [2.75, 3.05) is 5.32 Å². The van der Waals surface area contributed by atoms with Crippen LogP contribution < -0.4 is 5.32 Å². The Balaban J connectivity index is 1.71. The molecule has 1 saturated carbocycles. The second kappa shape index (κ2) is 6.13. The van der Waals surface area contributed by atoms with Crippen molar-refractivity contribution < 1.29 is 4.79 Å². The molecule has 1 aromatic heterocycles. The van der Waals surface area contributed by atoms with E-state index in [4.69, 9.17) is 11.6 Å². The van der Waals surface area contributed by atoms with Gasteiger partial charge < -0.3 is 5.32 Å². The maximum atomic E-state index is 12.6. The number of rotatable bonds is 4. The van der Waals surface area contributed by atoms with Crippen LogP contribution in [0.3, 0.4) is 0 Å². The number of anilines is 1. The molecule has 1 aliphatic carbocycles. The molecule has 1 aliphatic rings. The van der Waals surface area contributed by atoms with Gasteiger partial charge in [0.1, 0.15) is 5.69 Å². The molecular formula is C19H16ClN3O. The Hall–Kier alpha value is -2.59. The van der Waals surface area contributed by atoms with Gasteiger partial charge in [0, 0.05) is 22.1 Å². The number of benzene rings is 2. The highest BCUT2D eigenvalue weighted by molar-refractivity contribution is 6.31. The molecule has 2 N–H and O–H groups in total. The van der Waals surface area contributed by atoms with Gasteiger partial charge in [0.15, 0.2) is 0 Å². The van der Waals surface area contributed by atoms with Crippen LogP contribution in [-0.2, 0) is 0 Å². The van der Waals surface area contributed by atoms with E-state index >= 15 is 0 Å². The van der Waals surface area contributed by atoms with Crippen molar-refractivity contribution >= 4 is 23.2 Å². The third-order valence-electron chi connectivity index (χ3n) is 4.15. The van der Waals surface area contributed by atoms with E-state index in [9.17, 15) is 4.79 Å². The topological polar surface area (TPSA) is 57.8 Å². The summed E-state index contributed by atoms with van der Waals surface area (Å²) in [5, 5.41) is 11.1. The lowest BCUT2D eigenvalue weighted by Crippen LogP contribution is -2.13. The number of amides is 1. The van der Waals surface area contributed by atoms with E-state index < -0.39 is 0 Å². The maximum Gasteiger partial charge on any atom is 0.255 e. The predicted octanol–water partition coefficient (Wildman–Crippen LogP) is 4.86. The van der Waals surface area contributed by atoms with Crippen LogP contribution in [0.4, 0.5) is 5.69 Å². The van der Waals surface area contributed by atoms with E-state index in [1.54, 1.807) is 24.3 Å². The number of carbonyl (C=O) groups is 1. The van der Waals surface area contributed by atoms with Gasteiger partial charge in [0.05, 0.1) is 11.4 Å². The fourth-order valence-corrected chi connectivity index (χ4v) is 2.96. The summed E-state index contributed by atoms with van der Waals surface area (Å²) in [6, 6.07) is 16.8. The second-order valence-electron chi connectivity index (χ2n) is 5.97. The molecule has 0 unspecified atom stereocenters. The molecule has 0 saturated heterocycles. The summed E-state index contributed by atoms with van der Waals surface area (Å²) in [4.78, 5) is 12.6. The molecule has 0 radical (unpaired) electrons. The quantitative estimate of drug-likeness (QED) is 0.714. The van der Waals surface area contributed by atoms with E-state index in [1.807, 2.05) is 30.3 Å². The summed E-state index contributed by atoms with van der Waals surface area (Å²) >= 11 is 5.99. The van der Waals surface area contributed by atoms with E-state index in [2.05, 4.69) is 15.5 Å². The van der Waals surface area contributed by atoms with Gasteiger partial charge in [-0.2, -0.15) is 5.10 Å². The highest BCUT2D eigenvalue weighted by atomic mass is 35.5. The number of hydrogen-bond acceptors (Lipinski definition) is 2. The molecule has 4 nitrogen and oxygen atoms in total. The zero-order valence-corrected chi connectivity index (χ0v) is 13.7. The normalized spacial score (nSPS) is 13.7. The number of H-pyrrole nitrogens is 1. The van der Waals surface area contributed by atoms with E-state index in [0.717, 1.165) is 35.5 Å². The molecule has 24 heavy (non-hydrogen) atoms. The molecule has 1 heterocycles. The lowest BCUT2D eigenvalue weighted by atomic mass is 10.1. The van der Waals surface area contributed by atoms with Crippen LogP contribution in [0.5, 0.6) is 0 Å². The van der Waals surface area contributed by atoms with Crippen LogP contribution in [0.1, 0.15) is 34.8 Å². The lowest BCUT2D eigenvalue weighted by molar-refractivity contribution is 0.102. The zero-order chi connectivity index (χ0) is 16.5. The fourth-order valence-electron chi connectivity index (χ4n) is 2.77. The van der Waals surface area contributed by atoms with Crippen LogP contribution in [0.15, 0.2) is 54.6 Å². The molecule has 0 atom stereocenters.